The fraction of sp³-hybridized carbons (Fsp3) is 0.593. The maximum atomic E-state index is 13.1. The largest absolute Gasteiger partial charge is 0.508 e. The molecule has 2 heterocycles. The summed E-state index contributed by atoms with van der Waals surface area (Å²) in [5.74, 6) is -1.00. The van der Waals surface area contributed by atoms with Gasteiger partial charge in [0, 0.05) is 18.2 Å². The van der Waals surface area contributed by atoms with Crippen molar-refractivity contribution in [3.63, 3.8) is 0 Å². The molecule has 37 heavy (non-hydrogen) atoms. The fourth-order valence-corrected chi connectivity index (χ4v) is 6.53. The number of hydrogen-bond donors (Lipinski definition) is 5. The number of likely N-dealkylation sites (tertiary alicyclic amines) is 1. The van der Waals surface area contributed by atoms with Crippen LogP contribution in [0, 0.1) is 17.4 Å². The van der Waals surface area contributed by atoms with E-state index in [1.807, 2.05) is 11.4 Å². The van der Waals surface area contributed by atoms with Crippen LogP contribution in [0.3, 0.4) is 0 Å². The molecular weight excluding hydrogens is 476 g/mol. The van der Waals surface area contributed by atoms with Gasteiger partial charge < -0.3 is 25.4 Å². The second kappa shape index (κ2) is 8.36. The molecule has 2 fully saturated rings. The van der Waals surface area contributed by atoms with E-state index in [9.17, 15) is 24.9 Å². The Kier molecular flexibility index (Phi) is 5.73. The van der Waals surface area contributed by atoms with Crippen LogP contribution in [-0.2, 0) is 21.4 Å². The number of rotatable bonds is 6. The molecule has 0 radical (unpaired) electrons. The number of ether oxygens (including phenoxy) is 1. The number of nitrogens with zero attached hydrogens (tertiary/aromatic N) is 2. The van der Waals surface area contributed by atoms with Gasteiger partial charge in [-0.1, -0.05) is 6.07 Å². The van der Waals surface area contributed by atoms with Crippen molar-refractivity contribution < 1.29 is 29.6 Å². The summed E-state index contributed by atoms with van der Waals surface area (Å²) in [6.07, 6.45) is 3.87. The second-order valence-corrected chi connectivity index (χ2v) is 11.6. The average molecular weight is 511 g/mol. The van der Waals surface area contributed by atoms with E-state index < -0.39 is 34.5 Å². The van der Waals surface area contributed by atoms with Gasteiger partial charge in [-0.3, -0.25) is 19.8 Å². The van der Waals surface area contributed by atoms with Crippen molar-refractivity contribution in [2.45, 2.75) is 82.1 Å². The summed E-state index contributed by atoms with van der Waals surface area (Å²) >= 11 is 0. The number of benzene rings is 1. The molecule has 2 bridgehead atoms. The first kappa shape index (κ1) is 25.4. The molecule has 5 rings (SSSR count). The first-order valence-electron chi connectivity index (χ1n) is 12.7. The fourth-order valence-electron chi connectivity index (χ4n) is 6.53. The normalized spacial score (nSPS) is 30.9. The third kappa shape index (κ3) is 3.67. The van der Waals surface area contributed by atoms with Crippen LogP contribution >= 0.6 is 0 Å². The molecule has 2 aliphatic heterocycles. The Bertz CT molecular complexity index is 1240. The SMILES string of the molecule is C/C(C(=O)NC(C)(C)C(=O)NC#N)=C(/O)[C@@H]1Oc2c(O)ccc3c2[C@@]12CCN(CC1CC1)[C@H](C3)[C@@]2(C)O. The van der Waals surface area contributed by atoms with Gasteiger partial charge in [-0.05, 0) is 77.5 Å². The third-order valence-corrected chi connectivity index (χ3v) is 8.88. The first-order valence-corrected chi connectivity index (χ1v) is 12.7. The van der Waals surface area contributed by atoms with Crippen molar-refractivity contribution in [1.82, 2.24) is 15.5 Å². The maximum Gasteiger partial charge on any atom is 0.258 e. The maximum absolute atomic E-state index is 13.1. The number of carbonyl (C=O) groups is 2. The van der Waals surface area contributed by atoms with Crippen molar-refractivity contribution in [3.05, 3.63) is 34.6 Å². The molecule has 4 aliphatic rings. The lowest BCUT2D eigenvalue weighted by atomic mass is 9.53. The highest BCUT2D eigenvalue weighted by atomic mass is 16.5. The van der Waals surface area contributed by atoms with Gasteiger partial charge in [0.05, 0.1) is 16.6 Å². The smallest absolute Gasteiger partial charge is 0.258 e. The Morgan fingerprint density at radius 2 is 2.03 bits per heavy atom. The summed E-state index contributed by atoms with van der Waals surface area (Å²) in [5.41, 5.74) is -2.27. The van der Waals surface area contributed by atoms with Crippen molar-refractivity contribution >= 4 is 11.8 Å². The highest BCUT2D eigenvalue weighted by Crippen LogP contribution is 2.63. The van der Waals surface area contributed by atoms with Gasteiger partial charge in [-0.25, -0.2) is 0 Å². The number of amides is 2. The standard InChI is InChI=1S/C27H34N4O6/c1-14(23(34)30-25(2,3)24(35)29-13-28)20(33)22-27-9-10-31(12-15-5-6-15)18(26(27,4)36)11-16-7-8-17(32)21(37-22)19(16)27/h7-8,15,18,22,32-33,36H,5-6,9-12H2,1-4H3,(H,29,35)(H,30,34)/b20-14-/t18-,22+,26-,27+/m1/s1. The predicted molar refractivity (Wildman–Crippen MR) is 133 cm³/mol. The van der Waals surface area contributed by atoms with Gasteiger partial charge >= 0.3 is 0 Å². The summed E-state index contributed by atoms with van der Waals surface area (Å²) in [6.45, 7) is 7.67. The number of piperidine rings is 1. The van der Waals surface area contributed by atoms with E-state index in [1.54, 1.807) is 19.2 Å². The van der Waals surface area contributed by atoms with Gasteiger partial charge in [-0.2, -0.15) is 5.26 Å². The Hall–Kier alpha value is -3.29. The molecule has 10 heteroatoms. The summed E-state index contributed by atoms with van der Waals surface area (Å²) in [7, 11) is 0. The van der Waals surface area contributed by atoms with Crippen LogP contribution in [0.1, 0.15) is 58.1 Å². The number of phenolic OH excluding ortho intramolecular Hbond substituents is 1. The molecule has 0 aromatic heterocycles. The van der Waals surface area contributed by atoms with E-state index >= 15 is 0 Å². The van der Waals surface area contributed by atoms with Gasteiger partial charge in [0.1, 0.15) is 11.3 Å². The zero-order valence-corrected chi connectivity index (χ0v) is 21.6. The Morgan fingerprint density at radius 1 is 1.32 bits per heavy atom. The van der Waals surface area contributed by atoms with Crippen LogP contribution in [0.2, 0.25) is 0 Å². The summed E-state index contributed by atoms with van der Waals surface area (Å²) in [5, 5.41) is 47.7. The molecule has 5 N–H and O–H groups in total. The molecule has 2 amide bonds. The topological polar surface area (TPSA) is 155 Å². The second-order valence-electron chi connectivity index (χ2n) is 11.6. The molecule has 1 saturated carbocycles. The zero-order valence-electron chi connectivity index (χ0n) is 21.6. The molecule has 0 unspecified atom stereocenters. The number of phenols is 1. The third-order valence-electron chi connectivity index (χ3n) is 8.88. The van der Waals surface area contributed by atoms with E-state index in [2.05, 4.69) is 10.2 Å². The molecule has 1 spiro atoms. The van der Waals surface area contributed by atoms with E-state index in [0.717, 1.165) is 12.1 Å². The quantitative estimate of drug-likeness (QED) is 0.167. The minimum Gasteiger partial charge on any atom is -0.508 e. The Balaban J connectivity index is 1.55. The summed E-state index contributed by atoms with van der Waals surface area (Å²) in [6, 6.07) is 3.21. The number of nitriles is 1. The molecule has 2 aliphatic carbocycles. The van der Waals surface area contributed by atoms with Crippen LogP contribution in [0.4, 0.5) is 0 Å². The first-order chi connectivity index (χ1) is 17.3. The van der Waals surface area contributed by atoms with Crippen molar-refractivity contribution in [2.24, 2.45) is 5.92 Å². The number of aliphatic hydroxyl groups is 2. The number of nitrogens with one attached hydrogen (secondary N) is 2. The molecule has 1 saturated heterocycles. The zero-order chi connectivity index (χ0) is 26.9. The highest BCUT2D eigenvalue weighted by Gasteiger charge is 2.69. The van der Waals surface area contributed by atoms with Crippen molar-refractivity contribution in [2.75, 3.05) is 13.1 Å². The Labute approximate surface area is 215 Å². The lowest BCUT2D eigenvalue weighted by Crippen LogP contribution is -2.73. The number of aliphatic hydroxyl groups excluding tert-OH is 1. The minimum absolute atomic E-state index is 0.0793. The van der Waals surface area contributed by atoms with Crippen LogP contribution in [0.15, 0.2) is 23.5 Å². The predicted octanol–water partition coefficient (Wildman–Crippen LogP) is 1.51. The van der Waals surface area contributed by atoms with Gasteiger partial charge in [0.2, 0.25) is 0 Å². The summed E-state index contributed by atoms with van der Waals surface area (Å²) in [4.78, 5) is 27.7. The number of carbonyl (C=O) groups excluding carboxylic acids is 2. The molecule has 198 valence electrons. The molecular formula is C27H34N4O6. The van der Waals surface area contributed by atoms with E-state index in [1.165, 1.54) is 33.6 Å². The van der Waals surface area contributed by atoms with Gasteiger partial charge in [-0.15, -0.1) is 0 Å². The molecule has 10 nitrogen and oxygen atoms in total. The highest BCUT2D eigenvalue weighted by molar-refractivity contribution is 5.98. The summed E-state index contributed by atoms with van der Waals surface area (Å²) < 4.78 is 6.21. The monoisotopic (exact) mass is 510 g/mol. The molecule has 1 aromatic rings. The average Bonchev–Trinajstić information content (AvgIpc) is 3.57. The van der Waals surface area contributed by atoms with E-state index in [-0.39, 0.29) is 28.9 Å². The number of fused-ring (bicyclic) bond motifs is 1. The minimum atomic E-state index is -1.42. The molecule has 4 atom stereocenters. The lowest BCUT2D eigenvalue weighted by molar-refractivity contribution is -0.153. The van der Waals surface area contributed by atoms with Crippen LogP contribution < -0.4 is 15.4 Å². The van der Waals surface area contributed by atoms with Crippen molar-refractivity contribution in [1.29, 1.82) is 5.26 Å². The number of hydrogen-bond acceptors (Lipinski definition) is 8. The number of aromatic hydroxyl groups is 1. The van der Waals surface area contributed by atoms with Gasteiger partial charge in [0.15, 0.2) is 23.8 Å². The molecule has 1 aromatic carbocycles. The lowest BCUT2D eigenvalue weighted by Gasteiger charge is -2.59. The van der Waals surface area contributed by atoms with Crippen LogP contribution in [0.5, 0.6) is 11.5 Å². The van der Waals surface area contributed by atoms with Crippen LogP contribution in [0.25, 0.3) is 0 Å². The van der Waals surface area contributed by atoms with Crippen LogP contribution in [-0.4, -0.2) is 68.4 Å². The van der Waals surface area contributed by atoms with E-state index in [4.69, 9.17) is 10.00 Å². The van der Waals surface area contributed by atoms with E-state index in [0.29, 0.717) is 30.9 Å². The van der Waals surface area contributed by atoms with Gasteiger partial charge in [0.25, 0.3) is 11.8 Å². The Morgan fingerprint density at radius 3 is 2.68 bits per heavy atom. The van der Waals surface area contributed by atoms with Crippen molar-refractivity contribution in [3.8, 4) is 17.7 Å².